The third-order valence-corrected chi connectivity index (χ3v) is 5.48. The standard InChI is InChI=1S/C21H23ClN2O5/c1-28-19-11-17(18(24(26)27)12-20(19)29-2)21(25)23-10-4-3-5-15(13-23)14-6-8-16(22)9-7-14/h6-9,11-12,15H,3-5,10,13H2,1-2H3. The first kappa shape index (κ1) is 20.9. The zero-order valence-corrected chi connectivity index (χ0v) is 17.1. The molecule has 1 aliphatic rings. The molecule has 0 aliphatic carbocycles. The highest BCUT2D eigenvalue weighted by Gasteiger charge is 2.30. The second kappa shape index (κ2) is 9.13. The summed E-state index contributed by atoms with van der Waals surface area (Å²) in [6.07, 6.45) is 2.77. The Kier molecular flexibility index (Phi) is 6.59. The number of nitro groups is 1. The van der Waals surface area contributed by atoms with Crippen LogP contribution in [0.4, 0.5) is 5.69 Å². The molecule has 0 radical (unpaired) electrons. The minimum Gasteiger partial charge on any atom is -0.493 e. The Morgan fingerprint density at radius 1 is 1.14 bits per heavy atom. The largest absolute Gasteiger partial charge is 0.493 e. The van der Waals surface area contributed by atoms with Crippen molar-refractivity contribution in [2.75, 3.05) is 27.3 Å². The molecule has 1 amide bonds. The van der Waals surface area contributed by atoms with E-state index >= 15 is 0 Å². The summed E-state index contributed by atoms with van der Waals surface area (Å²) < 4.78 is 10.4. The Morgan fingerprint density at radius 2 is 1.79 bits per heavy atom. The second-order valence-corrected chi connectivity index (χ2v) is 7.41. The quantitative estimate of drug-likeness (QED) is 0.520. The van der Waals surface area contributed by atoms with E-state index in [1.54, 1.807) is 4.90 Å². The predicted molar refractivity (Wildman–Crippen MR) is 110 cm³/mol. The van der Waals surface area contributed by atoms with Gasteiger partial charge >= 0.3 is 0 Å². The molecule has 2 aromatic carbocycles. The van der Waals surface area contributed by atoms with Crippen molar-refractivity contribution in [3.63, 3.8) is 0 Å². The van der Waals surface area contributed by atoms with Crippen LogP contribution in [-0.4, -0.2) is 43.0 Å². The molecular formula is C21H23ClN2O5. The van der Waals surface area contributed by atoms with Crippen LogP contribution in [0.25, 0.3) is 0 Å². The van der Waals surface area contributed by atoms with E-state index in [1.807, 2.05) is 24.3 Å². The fourth-order valence-corrected chi connectivity index (χ4v) is 3.82. The van der Waals surface area contributed by atoms with Gasteiger partial charge in [-0.3, -0.25) is 14.9 Å². The van der Waals surface area contributed by atoms with Crippen LogP contribution in [0.5, 0.6) is 11.5 Å². The summed E-state index contributed by atoms with van der Waals surface area (Å²) in [5, 5.41) is 12.3. The number of halogens is 1. The van der Waals surface area contributed by atoms with E-state index in [0.717, 1.165) is 24.8 Å². The third kappa shape index (κ3) is 4.62. The van der Waals surface area contributed by atoms with Crippen LogP contribution >= 0.6 is 11.6 Å². The van der Waals surface area contributed by atoms with Gasteiger partial charge in [0, 0.05) is 30.1 Å². The van der Waals surface area contributed by atoms with Gasteiger partial charge in [0.05, 0.1) is 25.2 Å². The van der Waals surface area contributed by atoms with Gasteiger partial charge in [0.25, 0.3) is 11.6 Å². The lowest BCUT2D eigenvalue weighted by Crippen LogP contribution is -2.34. The lowest BCUT2D eigenvalue weighted by Gasteiger charge is -2.25. The minimum atomic E-state index is -0.566. The van der Waals surface area contributed by atoms with Gasteiger partial charge in [-0.15, -0.1) is 0 Å². The number of likely N-dealkylation sites (tertiary alicyclic amines) is 1. The Bertz CT molecular complexity index is 901. The van der Waals surface area contributed by atoms with Crippen LogP contribution < -0.4 is 9.47 Å². The molecule has 0 bridgehead atoms. The number of carbonyl (C=O) groups excluding carboxylic acids is 1. The smallest absolute Gasteiger partial charge is 0.286 e. The van der Waals surface area contributed by atoms with E-state index in [1.165, 1.54) is 26.4 Å². The van der Waals surface area contributed by atoms with Gasteiger partial charge in [-0.2, -0.15) is 0 Å². The average Bonchev–Trinajstić information content (AvgIpc) is 2.99. The molecule has 1 saturated heterocycles. The average molecular weight is 419 g/mol. The lowest BCUT2D eigenvalue weighted by molar-refractivity contribution is -0.385. The van der Waals surface area contributed by atoms with Crippen molar-refractivity contribution in [3.8, 4) is 11.5 Å². The van der Waals surface area contributed by atoms with Crippen LogP contribution in [-0.2, 0) is 0 Å². The molecule has 0 saturated carbocycles. The number of hydrogen-bond acceptors (Lipinski definition) is 5. The molecule has 2 aromatic rings. The van der Waals surface area contributed by atoms with E-state index in [-0.39, 0.29) is 34.6 Å². The normalized spacial score (nSPS) is 16.8. The molecule has 0 spiro atoms. The molecule has 3 rings (SSSR count). The Labute approximate surface area is 174 Å². The van der Waals surface area contributed by atoms with Gasteiger partial charge < -0.3 is 14.4 Å². The van der Waals surface area contributed by atoms with Crippen LogP contribution in [0.2, 0.25) is 5.02 Å². The molecule has 154 valence electrons. The molecule has 29 heavy (non-hydrogen) atoms. The van der Waals surface area contributed by atoms with Crippen LogP contribution in [0, 0.1) is 10.1 Å². The van der Waals surface area contributed by atoms with E-state index < -0.39 is 4.92 Å². The van der Waals surface area contributed by atoms with Gasteiger partial charge in [-0.05, 0) is 30.5 Å². The number of benzene rings is 2. The third-order valence-electron chi connectivity index (χ3n) is 5.23. The van der Waals surface area contributed by atoms with Crippen molar-refractivity contribution in [2.24, 2.45) is 0 Å². The summed E-state index contributed by atoms with van der Waals surface area (Å²) >= 11 is 5.99. The SMILES string of the molecule is COc1cc(C(=O)N2CCCCC(c3ccc(Cl)cc3)C2)c([N+](=O)[O-])cc1OC. The number of rotatable bonds is 5. The first-order valence-electron chi connectivity index (χ1n) is 9.39. The fraction of sp³-hybridized carbons (Fsp3) is 0.381. The van der Waals surface area contributed by atoms with E-state index in [9.17, 15) is 14.9 Å². The van der Waals surface area contributed by atoms with Gasteiger partial charge in [-0.1, -0.05) is 30.2 Å². The number of ether oxygens (including phenoxy) is 2. The van der Waals surface area contributed by atoms with Crippen molar-refractivity contribution >= 4 is 23.2 Å². The number of nitrogens with zero attached hydrogens (tertiary/aromatic N) is 2. The number of carbonyl (C=O) groups is 1. The molecule has 0 aromatic heterocycles. The molecule has 0 N–H and O–H groups in total. The lowest BCUT2D eigenvalue weighted by atomic mass is 9.94. The number of hydrogen-bond donors (Lipinski definition) is 0. The molecule has 8 heteroatoms. The van der Waals surface area contributed by atoms with E-state index in [0.29, 0.717) is 18.1 Å². The van der Waals surface area contributed by atoms with Crippen molar-refractivity contribution < 1.29 is 19.2 Å². The van der Waals surface area contributed by atoms with Crippen molar-refractivity contribution in [1.29, 1.82) is 0 Å². The minimum absolute atomic E-state index is 0.00408. The van der Waals surface area contributed by atoms with Crippen LogP contribution in [0.15, 0.2) is 36.4 Å². The zero-order chi connectivity index (χ0) is 21.0. The first-order valence-corrected chi connectivity index (χ1v) is 9.77. The maximum Gasteiger partial charge on any atom is 0.286 e. The molecule has 1 fully saturated rings. The summed E-state index contributed by atoms with van der Waals surface area (Å²) in [6.45, 7) is 1.04. The molecule has 1 atom stereocenters. The Morgan fingerprint density at radius 3 is 2.41 bits per heavy atom. The Hall–Kier alpha value is -2.80. The van der Waals surface area contributed by atoms with E-state index in [2.05, 4.69) is 0 Å². The number of nitro benzene ring substituents is 1. The predicted octanol–water partition coefficient (Wildman–Crippen LogP) is 4.68. The highest BCUT2D eigenvalue weighted by atomic mass is 35.5. The summed E-state index contributed by atoms with van der Waals surface area (Å²) in [5.41, 5.74) is 0.820. The summed E-state index contributed by atoms with van der Waals surface area (Å²) in [4.78, 5) is 26.0. The first-order chi connectivity index (χ1) is 13.9. The molecule has 7 nitrogen and oxygen atoms in total. The number of amides is 1. The highest BCUT2D eigenvalue weighted by Crippen LogP contribution is 2.36. The maximum atomic E-state index is 13.3. The van der Waals surface area contributed by atoms with Gasteiger partial charge in [0.15, 0.2) is 11.5 Å². The summed E-state index contributed by atoms with van der Waals surface area (Å²) in [5.74, 6) is 0.271. The Balaban J connectivity index is 1.93. The zero-order valence-electron chi connectivity index (χ0n) is 16.4. The fourth-order valence-electron chi connectivity index (χ4n) is 3.69. The van der Waals surface area contributed by atoms with Gasteiger partial charge in [-0.25, -0.2) is 0 Å². The van der Waals surface area contributed by atoms with Gasteiger partial charge in [0.2, 0.25) is 0 Å². The molecule has 1 unspecified atom stereocenters. The molecule has 1 aliphatic heterocycles. The number of methoxy groups -OCH3 is 2. The maximum absolute atomic E-state index is 13.3. The van der Waals surface area contributed by atoms with Crippen LogP contribution in [0.3, 0.4) is 0 Å². The molecular weight excluding hydrogens is 396 g/mol. The molecule has 1 heterocycles. The summed E-state index contributed by atoms with van der Waals surface area (Å²) in [7, 11) is 2.83. The van der Waals surface area contributed by atoms with Crippen molar-refractivity contribution in [1.82, 2.24) is 4.90 Å². The van der Waals surface area contributed by atoms with Crippen LogP contribution in [0.1, 0.15) is 41.1 Å². The van der Waals surface area contributed by atoms with Crippen molar-refractivity contribution in [3.05, 3.63) is 62.7 Å². The summed E-state index contributed by atoms with van der Waals surface area (Å²) in [6, 6.07) is 10.3. The highest BCUT2D eigenvalue weighted by molar-refractivity contribution is 6.30. The second-order valence-electron chi connectivity index (χ2n) is 6.98. The van der Waals surface area contributed by atoms with Gasteiger partial charge in [0.1, 0.15) is 5.56 Å². The van der Waals surface area contributed by atoms with E-state index in [4.69, 9.17) is 21.1 Å². The monoisotopic (exact) mass is 418 g/mol. The van der Waals surface area contributed by atoms with Crippen molar-refractivity contribution in [2.45, 2.75) is 25.2 Å². The topological polar surface area (TPSA) is 81.9 Å².